The van der Waals surface area contributed by atoms with E-state index in [0.717, 1.165) is 11.8 Å². The van der Waals surface area contributed by atoms with Crippen molar-refractivity contribution < 1.29 is 14.3 Å². The average Bonchev–Trinajstić information content (AvgIpc) is 2.17. The summed E-state index contributed by atoms with van der Waals surface area (Å²) in [6.07, 6.45) is 0.803. The van der Waals surface area contributed by atoms with Gasteiger partial charge in [0.15, 0.2) is 11.5 Å². The smallest absolute Gasteiger partial charge is 0.161 e. The van der Waals surface area contributed by atoms with Gasteiger partial charge in [-0.15, -0.1) is 0 Å². The van der Waals surface area contributed by atoms with Gasteiger partial charge in [0.25, 0.3) is 0 Å². The van der Waals surface area contributed by atoms with Crippen LogP contribution in [0.25, 0.3) is 0 Å². The number of aldehydes is 1. The van der Waals surface area contributed by atoms with Crippen LogP contribution >= 0.6 is 0 Å². The quantitative estimate of drug-likeness (QED) is 0.665. The van der Waals surface area contributed by atoms with E-state index in [1.807, 2.05) is 6.92 Å². The zero-order chi connectivity index (χ0) is 9.84. The molecule has 13 heavy (non-hydrogen) atoms. The van der Waals surface area contributed by atoms with E-state index in [9.17, 15) is 4.79 Å². The van der Waals surface area contributed by atoms with Crippen LogP contribution in [0.3, 0.4) is 0 Å². The highest BCUT2D eigenvalue weighted by atomic mass is 16.5. The van der Waals surface area contributed by atoms with Crippen LogP contribution in [0.5, 0.6) is 11.5 Å². The lowest BCUT2D eigenvalue weighted by atomic mass is 10.1. The average molecular weight is 180 g/mol. The number of carbonyl (C=O) groups excluding carboxylic acids is 1. The standard InChI is InChI=1S/C10H12O3/c1-7-4-9(12-2)10(13-3)5-8(7)6-11/h4-6H,1-3H3. The number of carbonyl (C=O) groups is 1. The molecule has 0 heterocycles. The van der Waals surface area contributed by atoms with E-state index in [4.69, 9.17) is 9.47 Å². The fourth-order valence-electron chi connectivity index (χ4n) is 1.12. The predicted molar refractivity (Wildman–Crippen MR) is 49.7 cm³/mol. The van der Waals surface area contributed by atoms with Crippen molar-refractivity contribution in [1.82, 2.24) is 0 Å². The molecule has 0 N–H and O–H groups in total. The van der Waals surface area contributed by atoms with Crippen molar-refractivity contribution in [2.24, 2.45) is 0 Å². The Labute approximate surface area is 77.3 Å². The summed E-state index contributed by atoms with van der Waals surface area (Å²) in [5, 5.41) is 0. The third-order valence-electron chi connectivity index (χ3n) is 1.90. The van der Waals surface area contributed by atoms with E-state index >= 15 is 0 Å². The van der Waals surface area contributed by atoms with Gasteiger partial charge in [-0.25, -0.2) is 0 Å². The first kappa shape index (κ1) is 9.58. The second-order valence-corrected chi connectivity index (χ2v) is 2.68. The van der Waals surface area contributed by atoms with Crippen molar-refractivity contribution in [1.29, 1.82) is 0 Å². The van der Waals surface area contributed by atoms with Crippen LogP contribution < -0.4 is 9.47 Å². The van der Waals surface area contributed by atoms with E-state index in [-0.39, 0.29) is 0 Å². The molecule has 0 amide bonds. The maximum absolute atomic E-state index is 10.6. The maximum atomic E-state index is 10.6. The van der Waals surface area contributed by atoms with Crippen LogP contribution in [0.15, 0.2) is 12.1 Å². The molecule has 0 aromatic heterocycles. The summed E-state index contributed by atoms with van der Waals surface area (Å²) < 4.78 is 10.1. The number of benzene rings is 1. The van der Waals surface area contributed by atoms with Crippen molar-refractivity contribution in [2.45, 2.75) is 6.92 Å². The Morgan fingerprint density at radius 2 is 1.69 bits per heavy atom. The summed E-state index contributed by atoms with van der Waals surface area (Å²) in [4.78, 5) is 10.6. The Bertz CT molecular complexity index is 318. The lowest BCUT2D eigenvalue weighted by molar-refractivity contribution is 0.112. The second kappa shape index (κ2) is 3.94. The van der Waals surface area contributed by atoms with Gasteiger partial charge >= 0.3 is 0 Å². The number of hydrogen-bond donors (Lipinski definition) is 0. The second-order valence-electron chi connectivity index (χ2n) is 2.68. The van der Waals surface area contributed by atoms with Crippen molar-refractivity contribution in [3.05, 3.63) is 23.3 Å². The minimum atomic E-state index is 0.579. The van der Waals surface area contributed by atoms with Gasteiger partial charge in [-0.05, 0) is 24.6 Å². The van der Waals surface area contributed by atoms with Gasteiger partial charge < -0.3 is 9.47 Å². The molecule has 0 fully saturated rings. The van der Waals surface area contributed by atoms with Crippen LogP contribution in [0.2, 0.25) is 0 Å². The van der Waals surface area contributed by atoms with E-state index in [1.165, 1.54) is 0 Å². The molecule has 0 unspecified atom stereocenters. The Hall–Kier alpha value is -1.51. The molecule has 0 aliphatic rings. The summed E-state index contributed by atoms with van der Waals surface area (Å²) in [5.41, 5.74) is 1.50. The van der Waals surface area contributed by atoms with E-state index in [2.05, 4.69) is 0 Å². The Kier molecular flexibility index (Phi) is 2.90. The molecule has 0 atom stereocenters. The third kappa shape index (κ3) is 1.80. The summed E-state index contributed by atoms with van der Waals surface area (Å²) >= 11 is 0. The summed E-state index contributed by atoms with van der Waals surface area (Å²) in [5.74, 6) is 1.22. The topological polar surface area (TPSA) is 35.5 Å². The molecule has 0 spiro atoms. The van der Waals surface area contributed by atoms with Crippen molar-refractivity contribution in [3.63, 3.8) is 0 Å². The highest BCUT2D eigenvalue weighted by molar-refractivity contribution is 5.79. The third-order valence-corrected chi connectivity index (χ3v) is 1.90. The molecule has 0 aliphatic carbocycles. The Morgan fingerprint density at radius 3 is 2.15 bits per heavy atom. The van der Waals surface area contributed by atoms with Crippen LogP contribution in [0, 0.1) is 6.92 Å². The lowest BCUT2D eigenvalue weighted by Crippen LogP contribution is -1.94. The first-order valence-electron chi connectivity index (χ1n) is 3.90. The summed E-state index contributed by atoms with van der Waals surface area (Å²) in [6, 6.07) is 3.45. The van der Waals surface area contributed by atoms with Crippen molar-refractivity contribution in [3.8, 4) is 11.5 Å². The number of ether oxygens (including phenoxy) is 2. The number of rotatable bonds is 3. The van der Waals surface area contributed by atoms with Crippen LogP contribution in [-0.2, 0) is 0 Å². The van der Waals surface area contributed by atoms with Gasteiger partial charge in [-0.2, -0.15) is 0 Å². The van der Waals surface area contributed by atoms with Crippen LogP contribution in [0.1, 0.15) is 15.9 Å². The molecule has 0 saturated heterocycles. The molecular formula is C10H12O3. The highest BCUT2D eigenvalue weighted by Gasteiger charge is 2.06. The first-order chi connectivity index (χ1) is 6.22. The molecule has 1 rings (SSSR count). The molecular weight excluding hydrogens is 168 g/mol. The minimum absolute atomic E-state index is 0.579. The Balaban J connectivity index is 3.26. The largest absolute Gasteiger partial charge is 0.493 e. The number of aryl methyl sites for hydroxylation is 1. The molecule has 0 aliphatic heterocycles. The molecule has 70 valence electrons. The van der Waals surface area contributed by atoms with Crippen molar-refractivity contribution >= 4 is 6.29 Å². The molecule has 0 bridgehead atoms. The van der Waals surface area contributed by atoms with E-state index < -0.39 is 0 Å². The normalized spacial score (nSPS) is 9.46. The fraction of sp³-hybridized carbons (Fsp3) is 0.300. The van der Waals surface area contributed by atoms with Gasteiger partial charge in [0, 0.05) is 5.56 Å². The number of hydrogen-bond acceptors (Lipinski definition) is 3. The monoisotopic (exact) mass is 180 g/mol. The zero-order valence-corrected chi connectivity index (χ0v) is 7.96. The maximum Gasteiger partial charge on any atom is 0.161 e. The molecule has 1 aromatic rings. The van der Waals surface area contributed by atoms with Crippen LogP contribution in [-0.4, -0.2) is 20.5 Å². The number of methoxy groups -OCH3 is 2. The zero-order valence-electron chi connectivity index (χ0n) is 7.96. The molecule has 3 heteroatoms. The van der Waals surface area contributed by atoms with Gasteiger partial charge in [0.05, 0.1) is 14.2 Å². The molecule has 0 saturated carbocycles. The molecule has 3 nitrogen and oxygen atoms in total. The van der Waals surface area contributed by atoms with E-state index in [0.29, 0.717) is 17.1 Å². The first-order valence-corrected chi connectivity index (χ1v) is 3.90. The minimum Gasteiger partial charge on any atom is -0.493 e. The fourth-order valence-corrected chi connectivity index (χ4v) is 1.12. The summed E-state index contributed by atoms with van der Waals surface area (Å²) in [7, 11) is 3.11. The van der Waals surface area contributed by atoms with Gasteiger partial charge in [0.1, 0.15) is 6.29 Å². The van der Waals surface area contributed by atoms with Crippen LogP contribution in [0.4, 0.5) is 0 Å². The molecule has 0 radical (unpaired) electrons. The molecule has 1 aromatic carbocycles. The Morgan fingerprint density at radius 1 is 1.15 bits per heavy atom. The van der Waals surface area contributed by atoms with Crippen molar-refractivity contribution in [2.75, 3.05) is 14.2 Å². The summed E-state index contributed by atoms with van der Waals surface area (Å²) in [6.45, 7) is 1.85. The SMILES string of the molecule is COc1cc(C)c(C=O)cc1OC. The predicted octanol–water partition coefficient (Wildman–Crippen LogP) is 1.82. The van der Waals surface area contributed by atoms with Gasteiger partial charge in [0.2, 0.25) is 0 Å². The van der Waals surface area contributed by atoms with Gasteiger partial charge in [-0.3, -0.25) is 4.79 Å². The van der Waals surface area contributed by atoms with E-state index in [1.54, 1.807) is 26.4 Å². The lowest BCUT2D eigenvalue weighted by Gasteiger charge is -2.09. The van der Waals surface area contributed by atoms with Gasteiger partial charge in [-0.1, -0.05) is 0 Å². The highest BCUT2D eigenvalue weighted by Crippen LogP contribution is 2.29.